The second-order valence-electron chi connectivity index (χ2n) is 7.16. The molecule has 0 unspecified atom stereocenters. The summed E-state index contributed by atoms with van der Waals surface area (Å²) in [6.45, 7) is 2.42. The first-order valence-electron chi connectivity index (χ1n) is 9.51. The van der Waals surface area contributed by atoms with E-state index in [2.05, 4.69) is 20.1 Å². The molecule has 0 spiro atoms. The predicted molar refractivity (Wildman–Crippen MR) is 106 cm³/mol. The monoisotopic (exact) mass is 446 g/mol. The number of hydrogen-bond donors (Lipinski definition) is 1. The zero-order valence-electron chi connectivity index (χ0n) is 16.9. The molecule has 0 saturated heterocycles. The van der Waals surface area contributed by atoms with Crippen molar-refractivity contribution in [1.29, 1.82) is 0 Å². The van der Waals surface area contributed by atoms with E-state index in [9.17, 15) is 22.8 Å². The van der Waals surface area contributed by atoms with Crippen molar-refractivity contribution in [3.05, 3.63) is 65.3 Å². The summed E-state index contributed by atoms with van der Waals surface area (Å²) in [4.78, 5) is 29.0. The summed E-state index contributed by atoms with van der Waals surface area (Å²) < 4.78 is 50.0. The molecule has 0 bridgehead atoms. The number of rotatable bonds is 5. The standard InChI is InChI=1S/C21H17F3N4O4/c1-11-6-13-8-14(9-26-19(29)16-10-27-28-5-3-4-25-18(16)28)32-17(13)15(7-11)20(30)31-12(2)21(22,23)24/h3-8,10,12H,9H2,1-2H3,(H,26,29)/t12-/m1/s1. The molecule has 0 aliphatic carbocycles. The number of carbonyl (C=O) groups excluding carboxylic acids is 2. The predicted octanol–water partition coefficient (Wildman–Crippen LogP) is 3.82. The van der Waals surface area contributed by atoms with E-state index in [0.29, 0.717) is 22.4 Å². The molecule has 1 atom stereocenters. The number of aryl methyl sites for hydroxylation is 1. The Morgan fingerprint density at radius 1 is 1.25 bits per heavy atom. The zero-order chi connectivity index (χ0) is 23.0. The molecule has 1 N–H and O–H groups in total. The van der Waals surface area contributed by atoms with E-state index >= 15 is 0 Å². The van der Waals surface area contributed by atoms with Crippen LogP contribution in [0.15, 0.2) is 47.3 Å². The fourth-order valence-electron chi connectivity index (χ4n) is 3.14. The van der Waals surface area contributed by atoms with Crippen LogP contribution in [0.1, 0.15) is 39.0 Å². The van der Waals surface area contributed by atoms with Crippen molar-refractivity contribution in [2.45, 2.75) is 32.7 Å². The minimum Gasteiger partial charge on any atom is -0.458 e. The number of alkyl halides is 3. The number of benzene rings is 1. The molecular weight excluding hydrogens is 429 g/mol. The molecule has 3 heterocycles. The molecular formula is C21H17F3N4O4. The van der Waals surface area contributed by atoms with Gasteiger partial charge in [0.1, 0.15) is 22.5 Å². The van der Waals surface area contributed by atoms with Gasteiger partial charge in [-0.2, -0.15) is 18.3 Å². The highest BCUT2D eigenvalue weighted by molar-refractivity contribution is 6.03. The number of carbonyl (C=O) groups is 2. The van der Waals surface area contributed by atoms with E-state index in [-0.39, 0.29) is 23.3 Å². The normalized spacial score (nSPS) is 12.8. The summed E-state index contributed by atoms with van der Waals surface area (Å²) in [6.07, 6.45) is -2.37. The molecule has 1 aromatic carbocycles. The number of fused-ring (bicyclic) bond motifs is 2. The molecule has 0 aliphatic heterocycles. The minimum atomic E-state index is -4.68. The van der Waals surface area contributed by atoms with Gasteiger partial charge in [0.05, 0.1) is 12.7 Å². The van der Waals surface area contributed by atoms with E-state index in [1.54, 1.807) is 31.3 Å². The number of furan rings is 1. The number of nitrogens with one attached hydrogen (secondary N) is 1. The first kappa shape index (κ1) is 21.3. The Hall–Kier alpha value is -3.89. The average molecular weight is 446 g/mol. The molecule has 3 aromatic heterocycles. The lowest BCUT2D eigenvalue weighted by Gasteiger charge is -2.16. The van der Waals surface area contributed by atoms with E-state index in [1.165, 1.54) is 23.0 Å². The topological polar surface area (TPSA) is 98.7 Å². The second kappa shape index (κ2) is 7.98. The van der Waals surface area contributed by atoms with E-state index in [1.807, 2.05) is 0 Å². The number of esters is 1. The van der Waals surface area contributed by atoms with Crippen molar-refractivity contribution in [1.82, 2.24) is 19.9 Å². The molecule has 1 amide bonds. The number of ether oxygens (including phenoxy) is 1. The van der Waals surface area contributed by atoms with Crippen LogP contribution in [0, 0.1) is 6.92 Å². The van der Waals surface area contributed by atoms with Crippen LogP contribution in [0.25, 0.3) is 16.6 Å². The lowest BCUT2D eigenvalue weighted by molar-refractivity contribution is -0.198. The summed E-state index contributed by atoms with van der Waals surface area (Å²) >= 11 is 0. The maximum absolute atomic E-state index is 12.8. The zero-order valence-corrected chi connectivity index (χ0v) is 16.9. The molecule has 0 fully saturated rings. The van der Waals surface area contributed by atoms with Gasteiger partial charge in [0.15, 0.2) is 11.8 Å². The summed E-state index contributed by atoms with van der Waals surface area (Å²) in [5.41, 5.74) is 1.24. The fourth-order valence-corrected chi connectivity index (χ4v) is 3.14. The highest BCUT2D eigenvalue weighted by Crippen LogP contribution is 2.28. The van der Waals surface area contributed by atoms with E-state index in [0.717, 1.165) is 6.92 Å². The Morgan fingerprint density at radius 2 is 2.03 bits per heavy atom. The largest absolute Gasteiger partial charge is 0.458 e. The summed E-state index contributed by atoms with van der Waals surface area (Å²) in [5.74, 6) is -1.28. The highest BCUT2D eigenvalue weighted by Gasteiger charge is 2.39. The first-order chi connectivity index (χ1) is 15.1. The van der Waals surface area contributed by atoms with Gasteiger partial charge in [-0.05, 0) is 43.7 Å². The Morgan fingerprint density at radius 3 is 2.78 bits per heavy atom. The third-order valence-corrected chi connectivity index (χ3v) is 4.72. The molecule has 166 valence electrons. The quantitative estimate of drug-likeness (QED) is 0.468. The smallest absolute Gasteiger partial charge is 0.425 e. The van der Waals surface area contributed by atoms with E-state index < -0.39 is 24.2 Å². The van der Waals surface area contributed by atoms with Gasteiger partial charge in [0.2, 0.25) is 0 Å². The molecule has 32 heavy (non-hydrogen) atoms. The van der Waals surface area contributed by atoms with Crippen molar-refractivity contribution in [3.8, 4) is 0 Å². The van der Waals surface area contributed by atoms with Gasteiger partial charge < -0.3 is 14.5 Å². The Bertz CT molecular complexity index is 1330. The van der Waals surface area contributed by atoms with Crippen molar-refractivity contribution in [2.24, 2.45) is 0 Å². The van der Waals surface area contributed by atoms with Crippen LogP contribution < -0.4 is 5.32 Å². The maximum Gasteiger partial charge on any atom is 0.425 e. The minimum absolute atomic E-state index is 0.0236. The average Bonchev–Trinajstić information content (AvgIpc) is 3.34. The first-order valence-corrected chi connectivity index (χ1v) is 9.51. The van der Waals surface area contributed by atoms with Crippen LogP contribution >= 0.6 is 0 Å². The van der Waals surface area contributed by atoms with Crippen molar-refractivity contribution in [3.63, 3.8) is 0 Å². The fraction of sp³-hybridized carbons (Fsp3) is 0.238. The van der Waals surface area contributed by atoms with Gasteiger partial charge in [-0.25, -0.2) is 14.3 Å². The van der Waals surface area contributed by atoms with Crippen molar-refractivity contribution >= 4 is 28.5 Å². The third kappa shape index (κ3) is 4.13. The van der Waals surface area contributed by atoms with Crippen molar-refractivity contribution < 1.29 is 31.9 Å². The summed E-state index contributed by atoms with van der Waals surface area (Å²) in [7, 11) is 0. The molecule has 4 rings (SSSR count). The van der Waals surface area contributed by atoms with Gasteiger partial charge in [0, 0.05) is 17.8 Å². The molecule has 0 aliphatic rings. The SMILES string of the molecule is Cc1cc(C(=O)O[C@H](C)C(F)(F)F)c2oc(CNC(=O)c3cnn4cccnc34)cc2c1. The molecule has 8 nitrogen and oxygen atoms in total. The Balaban J connectivity index is 1.55. The van der Waals surface area contributed by atoms with Crippen LogP contribution in [0.3, 0.4) is 0 Å². The van der Waals surface area contributed by atoms with Crippen molar-refractivity contribution in [2.75, 3.05) is 0 Å². The van der Waals surface area contributed by atoms with Crippen LogP contribution in [0.4, 0.5) is 13.2 Å². The van der Waals surface area contributed by atoms with Gasteiger partial charge >= 0.3 is 12.1 Å². The summed E-state index contributed by atoms with van der Waals surface area (Å²) in [6, 6.07) is 6.38. The Kier molecular flexibility index (Phi) is 5.33. The lowest BCUT2D eigenvalue weighted by Crippen LogP contribution is -2.30. The second-order valence-corrected chi connectivity index (χ2v) is 7.16. The van der Waals surface area contributed by atoms with Crippen LogP contribution in [-0.4, -0.2) is 38.8 Å². The van der Waals surface area contributed by atoms with Crippen LogP contribution in [0.2, 0.25) is 0 Å². The molecule has 11 heteroatoms. The van der Waals surface area contributed by atoms with Gasteiger partial charge in [-0.1, -0.05) is 0 Å². The maximum atomic E-state index is 12.8. The van der Waals surface area contributed by atoms with Gasteiger partial charge in [-0.3, -0.25) is 4.79 Å². The summed E-state index contributed by atoms with van der Waals surface area (Å²) in [5, 5.41) is 7.23. The third-order valence-electron chi connectivity index (χ3n) is 4.72. The van der Waals surface area contributed by atoms with Gasteiger partial charge in [-0.15, -0.1) is 0 Å². The Labute approximate surface area is 179 Å². The number of halogens is 3. The lowest BCUT2D eigenvalue weighted by atomic mass is 10.1. The number of nitrogens with zero attached hydrogens (tertiary/aromatic N) is 3. The molecule has 4 aromatic rings. The van der Waals surface area contributed by atoms with Crippen LogP contribution in [0.5, 0.6) is 0 Å². The molecule has 0 radical (unpaired) electrons. The highest BCUT2D eigenvalue weighted by atomic mass is 19.4. The van der Waals surface area contributed by atoms with Gasteiger partial charge in [0.25, 0.3) is 5.91 Å². The van der Waals surface area contributed by atoms with Crippen LogP contribution in [-0.2, 0) is 11.3 Å². The number of hydrogen-bond acceptors (Lipinski definition) is 6. The number of aromatic nitrogens is 3. The number of amides is 1. The molecule has 0 saturated carbocycles. The van der Waals surface area contributed by atoms with E-state index in [4.69, 9.17) is 4.42 Å².